The first kappa shape index (κ1) is 75.3. The number of pyridine rings is 3. The van der Waals surface area contributed by atoms with Gasteiger partial charge in [0.1, 0.15) is 23.7 Å². The van der Waals surface area contributed by atoms with Gasteiger partial charge in [-0.3, -0.25) is 48.0 Å². The summed E-state index contributed by atoms with van der Waals surface area (Å²) in [7, 11) is 11.2. The summed E-state index contributed by atoms with van der Waals surface area (Å²) in [6.45, 7) is 18.6. The van der Waals surface area contributed by atoms with Crippen molar-refractivity contribution in [1.29, 1.82) is 0 Å². The van der Waals surface area contributed by atoms with Crippen molar-refractivity contribution < 1.29 is 28.6 Å². The van der Waals surface area contributed by atoms with Crippen LogP contribution >= 0.6 is 0 Å². The third-order valence-electron chi connectivity index (χ3n) is 21.0. The van der Waals surface area contributed by atoms with E-state index >= 15 is 0 Å². The molecule has 36 heteroatoms. The topological polar surface area (TPSA) is 387 Å². The molecule has 36 nitrogen and oxygen atoms in total. The Morgan fingerprint density at radius 1 is 0.491 bits per heavy atom. The highest BCUT2D eigenvalue weighted by Crippen LogP contribution is 2.38. The number of fused-ring (bicyclic) bond motifs is 3. The van der Waals surface area contributed by atoms with Crippen molar-refractivity contribution >= 4 is 103 Å². The van der Waals surface area contributed by atoms with Crippen LogP contribution in [0.25, 0.3) is 66.5 Å². The molecule has 0 aliphatic carbocycles. The Hall–Kier alpha value is -12.1. The van der Waals surface area contributed by atoms with E-state index in [0.717, 1.165) is 109 Å². The molecule has 0 radical (unpaired) electrons. The van der Waals surface area contributed by atoms with Crippen molar-refractivity contribution in [3.63, 3.8) is 0 Å². The number of anilines is 9. The molecule has 112 heavy (non-hydrogen) atoms. The van der Waals surface area contributed by atoms with Crippen LogP contribution in [0.3, 0.4) is 0 Å². The molecule has 3 fully saturated rings. The normalized spacial score (nSPS) is 15.9. The predicted octanol–water partition coefficient (Wildman–Crippen LogP) is 7.15. The number of rotatable bonds is 29. The molecular formula is C76H94N30O6. The molecule has 12 aromatic rings. The molecule has 3 saturated heterocycles. The average molecular weight is 1520 g/mol. The lowest BCUT2D eigenvalue weighted by Gasteiger charge is -2.38. The minimum Gasteiger partial charge on any atom is -0.478 e. The van der Waals surface area contributed by atoms with Gasteiger partial charge in [0, 0.05) is 195 Å². The number of H-pyrrole nitrogens is 3. The van der Waals surface area contributed by atoms with E-state index in [1.165, 1.54) is 0 Å². The van der Waals surface area contributed by atoms with Gasteiger partial charge in [-0.2, -0.15) is 0 Å². The number of piperazine rings is 3. The summed E-state index contributed by atoms with van der Waals surface area (Å²) in [6, 6.07) is 6.38. The lowest BCUT2D eigenvalue weighted by Crippen LogP contribution is -2.54. The van der Waals surface area contributed by atoms with Crippen molar-refractivity contribution in [2.24, 2.45) is 21.1 Å². The highest BCUT2D eigenvalue weighted by molar-refractivity contribution is 6.08. The van der Waals surface area contributed by atoms with Gasteiger partial charge in [-0.1, -0.05) is 6.92 Å². The van der Waals surface area contributed by atoms with Gasteiger partial charge in [-0.25, -0.2) is 44.9 Å². The summed E-state index contributed by atoms with van der Waals surface area (Å²) in [5, 5.41) is 35.4. The van der Waals surface area contributed by atoms with Crippen LogP contribution in [0, 0.1) is 13.8 Å². The number of aryl methyl sites for hydroxylation is 5. The number of aromatic amines is 3. The number of carbonyl (C=O) groups excluding carboxylic acids is 3. The summed E-state index contributed by atoms with van der Waals surface area (Å²) in [6.07, 6.45) is 23.0. The molecule has 9 N–H and O–H groups in total. The van der Waals surface area contributed by atoms with Gasteiger partial charge in [0.05, 0.1) is 84.1 Å². The van der Waals surface area contributed by atoms with E-state index in [0.29, 0.717) is 149 Å². The van der Waals surface area contributed by atoms with Crippen molar-refractivity contribution in [3.8, 4) is 51.4 Å². The third kappa shape index (κ3) is 16.5. The number of amides is 3. The summed E-state index contributed by atoms with van der Waals surface area (Å²) < 4.78 is 23.2. The molecular weight excluding hydrogens is 1430 g/mol. The Morgan fingerprint density at radius 2 is 0.920 bits per heavy atom. The molecule has 0 bridgehead atoms. The Morgan fingerprint density at radius 3 is 1.44 bits per heavy atom. The van der Waals surface area contributed by atoms with Gasteiger partial charge >= 0.3 is 0 Å². The van der Waals surface area contributed by atoms with Gasteiger partial charge in [0.2, 0.25) is 35.6 Å². The van der Waals surface area contributed by atoms with Crippen molar-refractivity contribution in [3.05, 3.63) is 110 Å². The van der Waals surface area contributed by atoms with Crippen LogP contribution in [0.15, 0.2) is 98.6 Å². The number of aromatic nitrogens is 18. The molecule has 3 aliphatic heterocycles. The number of methoxy groups -OCH3 is 1. The quantitative estimate of drug-likeness (QED) is 0.0210. The maximum atomic E-state index is 14.6. The Labute approximate surface area is 645 Å². The van der Waals surface area contributed by atoms with Crippen LogP contribution in [0.4, 0.5) is 52.4 Å². The van der Waals surface area contributed by atoms with E-state index in [-0.39, 0.29) is 30.4 Å². The molecule has 1 unspecified atom stereocenters. The fourth-order valence-electron chi connectivity index (χ4n) is 14.8. The summed E-state index contributed by atoms with van der Waals surface area (Å²) in [4.78, 5) is 108. The molecule has 12 aromatic heterocycles. The lowest BCUT2D eigenvalue weighted by molar-refractivity contribution is -0.123. The summed E-state index contributed by atoms with van der Waals surface area (Å²) in [5.74, 6) is 3.13. The third-order valence-corrected chi connectivity index (χ3v) is 21.0. The smallest absolute Gasteiger partial charge is 0.256 e. The van der Waals surface area contributed by atoms with Crippen LogP contribution in [0.5, 0.6) is 17.6 Å². The zero-order chi connectivity index (χ0) is 77.7. The number of hydrogen-bond donors (Lipinski definition) is 9. The first-order valence-corrected chi connectivity index (χ1v) is 37.7. The van der Waals surface area contributed by atoms with Crippen molar-refractivity contribution in [2.75, 3.05) is 151 Å². The number of carbonyl (C=O) groups is 3. The van der Waals surface area contributed by atoms with Gasteiger partial charge in [-0.05, 0) is 89.5 Å². The minimum absolute atomic E-state index is 0.106. The van der Waals surface area contributed by atoms with E-state index < -0.39 is 12.1 Å². The summed E-state index contributed by atoms with van der Waals surface area (Å²) in [5.41, 5.74) is 10.1. The Bertz CT molecular complexity index is 5350. The standard InChI is InChI=1S/C76H94N30O6/c1-11-58(105-32-26-103(27-33-105)34-36-112-73-57(44-102(9)97-73)88-74-80-21-17-54(86-74)51-39-81-62-48(51)14-18-77-65(62)92-68(107)47(4)104-28-22-98(5)23-29-104)69(108)93-66-63-49(15-19-78-66)52(40-82-63)61-46(3)38-85-76(91-61)89-56-43-101(8)96-72(56)111-35-12-13-59(106-30-24-99(6)25-31-106)70(109)94-67-64-50(16-20-79-67)53(41-83-64)60-45(2)37-84-75(90-60)87-55-42-100(7)95-71(55)110-10/h14-21,37-44,47,58-59,81-83H,11-13,22-36H2,1-10H3,(H,77,92,107)(H,78,93,108)(H,79,94,109)(H,80,86,88)(H,84,87,90)(H,85,89,91)/t47-,58?,59+/m1/s1. The highest BCUT2D eigenvalue weighted by Gasteiger charge is 2.33. The van der Waals surface area contributed by atoms with Gasteiger partial charge < -0.3 is 70.9 Å². The molecule has 0 aromatic carbocycles. The van der Waals surface area contributed by atoms with Gasteiger partial charge in [0.25, 0.3) is 17.6 Å². The van der Waals surface area contributed by atoms with Crippen LogP contribution in [0.1, 0.15) is 44.2 Å². The molecule has 15 heterocycles. The average Bonchev–Trinajstić information content (AvgIpc) is 1.61. The fourth-order valence-corrected chi connectivity index (χ4v) is 14.8. The zero-order valence-corrected chi connectivity index (χ0v) is 64.5. The SMILES string of the molecule is CCC(C(=O)Nc1nccc2c(-c3nc(Nc4cn(C)nc4OCCC[C@@H](C(=O)Nc4nccc5c(-c6nc(Nc7cn(C)nc7OC)ncc6C)c[nH]c45)N4CCN(C)CC4)ncc3C)c[nH]c12)N1CCN(CCOc2nn(C)cc2Nc2nccc(-c3c[nH]c4c(NC(=O)[C@@H](C)N5CCN(C)CC5)nccc34)n2)CC1. The molecule has 584 valence electrons. The van der Waals surface area contributed by atoms with E-state index in [9.17, 15) is 14.4 Å². The van der Waals surface area contributed by atoms with Crippen LogP contribution < -0.4 is 46.1 Å². The van der Waals surface area contributed by atoms with Gasteiger partial charge in [-0.15, -0.1) is 15.3 Å². The Kier molecular flexibility index (Phi) is 22.4. The zero-order valence-electron chi connectivity index (χ0n) is 64.5. The fraction of sp³-hybridized carbons (Fsp3) is 0.408. The second-order valence-corrected chi connectivity index (χ2v) is 28.7. The van der Waals surface area contributed by atoms with Crippen molar-refractivity contribution in [1.82, 2.24) is 119 Å². The number of ether oxygens (including phenoxy) is 3. The Balaban J connectivity index is 0.535. The maximum absolute atomic E-state index is 14.6. The molecule has 3 aliphatic rings. The lowest BCUT2D eigenvalue weighted by atomic mass is 10.1. The number of nitrogens with one attached hydrogen (secondary N) is 9. The number of nitrogens with zero attached hydrogens (tertiary/aromatic N) is 21. The van der Waals surface area contributed by atoms with E-state index in [4.69, 9.17) is 29.2 Å². The second kappa shape index (κ2) is 33.2. The van der Waals surface area contributed by atoms with Crippen molar-refractivity contribution in [2.45, 2.75) is 65.1 Å². The number of hydrogen-bond acceptors (Lipinski definition) is 27. The first-order valence-electron chi connectivity index (χ1n) is 37.7. The molecule has 0 saturated carbocycles. The van der Waals surface area contributed by atoms with E-state index in [2.05, 4.69) is 136 Å². The minimum atomic E-state index is -0.477. The van der Waals surface area contributed by atoms with Crippen LogP contribution in [0.2, 0.25) is 0 Å². The van der Waals surface area contributed by atoms with E-state index in [1.54, 1.807) is 64.5 Å². The second-order valence-electron chi connectivity index (χ2n) is 28.7. The van der Waals surface area contributed by atoms with E-state index in [1.807, 2.05) is 104 Å². The largest absolute Gasteiger partial charge is 0.478 e. The molecule has 3 atom stereocenters. The molecule has 15 rings (SSSR count). The molecule has 0 spiro atoms. The summed E-state index contributed by atoms with van der Waals surface area (Å²) >= 11 is 0. The van der Waals surface area contributed by atoms with Crippen LogP contribution in [-0.2, 0) is 35.5 Å². The number of likely N-dealkylation sites (N-methyl/N-ethyl adjacent to an activating group) is 2. The monoisotopic (exact) mass is 1520 g/mol. The van der Waals surface area contributed by atoms with Gasteiger partial charge in [0.15, 0.2) is 17.5 Å². The highest BCUT2D eigenvalue weighted by atomic mass is 16.5. The predicted molar refractivity (Wildman–Crippen MR) is 426 cm³/mol. The first-order chi connectivity index (χ1) is 54.4. The van der Waals surface area contributed by atoms with Crippen LogP contribution in [-0.4, -0.2) is 274 Å². The maximum Gasteiger partial charge on any atom is 0.256 e. The molecule has 3 amide bonds.